The molecular formula is C14H19NO4S2. The first-order valence-electron chi connectivity index (χ1n) is 6.62. The highest BCUT2D eigenvalue weighted by Crippen LogP contribution is 2.22. The summed E-state index contributed by atoms with van der Waals surface area (Å²) in [6.45, 7) is 4.77. The topological polar surface area (TPSA) is 71.5 Å². The van der Waals surface area contributed by atoms with E-state index in [1.165, 1.54) is 16.4 Å². The normalized spacial score (nSPS) is 17.9. The average Bonchev–Trinajstić information content (AvgIpc) is 2.38. The number of nitrogens with zero attached hydrogens (tertiary/aromatic N) is 1. The Labute approximate surface area is 126 Å². The third kappa shape index (κ3) is 4.15. The molecule has 0 aromatic heterocycles. The van der Waals surface area contributed by atoms with Gasteiger partial charge in [0.05, 0.1) is 10.6 Å². The monoisotopic (exact) mass is 329 g/mol. The molecule has 1 aromatic carbocycles. The second-order valence-corrected chi connectivity index (χ2v) is 9.45. The van der Waals surface area contributed by atoms with Crippen molar-refractivity contribution in [3.05, 3.63) is 42.0 Å². The average molecular weight is 329 g/mol. The summed E-state index contributed by atoms with van der Waals surface area (Å²) >= 11 is 0. The number of benzene rings is 1. The first-order chi connectivity index (χ1) is 9.68. The smallest absolute Gasteiger partial charge is 0.229 e. The molecule has 2 rings (SSSR count). The largest absolute Gasteiger partial charge is 0.243 e. The molecule has 7 heteroatoms. The molecule has 1 aliphatic rings. The Hall–Kier alpha value is -1.18. The SMILES string of the molecule is C=C1CCN(S(=O)(=O)c2ccc(CS(C)(=O)=O)cc2)CC1. The summed E-state index contributed by atoms with van der Waals surface area (Å²) in [5.41, 5.74) is 1.66. The van der Waals surface area contributed by atoms with E-state index in [-0.39, 0.29) is 10.6 Å². The molecule has 0 radical (unpaired) electrons. The summed E-state index contributed by atoms with van der Waals surface area (Å²) in [7, 11) is -6.62. The zero-order chi connectivity index (χ0) is 15.7. The van der Waals surface area contributed by atoms with Crippen LogP contribution in [-0.4, -0.2) is 40.5 Å². The minimum Gasteiger partial charge on any atom is -0.229 e. The second-order valence-electron chi connectivity index (χ2n) is 5.37. The van der Waals surface area contributed by atoms with Gasteiger partial charge in [0.1, 0.15) is 0 Å². The van der Waals surface area contributed by atoms with E-state index >= 15 is 0 Å². The Kier molecular flexibility index (Phi) is 4.55. The highest BCUT2D eigenvalue weighted by molar-refractivity contribution is 7.90. The van der Waals surface area contributed by atoms with Gasteiger partial charge >= 0.3 is 0 Å². The number of sulfonamides is 1. The van der Waals surface area contributed by atoms with Gasteiger partial charge in [0.2, 0.25) is 10.0 Å². The highest BCUT2D eigenvalue weighted by atomic mass is 32.2. The van der Waals surface area contributed by atoms with Crippen LogP contribution in [0, 0.1) is 0 Å². The van der Waals surface area contributed by atoms with Crippen LogP contribution in [0.25, 0.3) is 0 Å². The minimum absolute atomic E-state index is 0.0864. The number of piperidine rings is 1. The Morgan fingerprint density at radius 1 is 1.05 bits per heavy atom. The van der Waals surface area contributed by atoms with Gasteiger partial charge in [0.15, 0.2) is 9.84 Å². The fourth-order valence-corrected chi connectivity index (χ4v) is 4.49. The maximum absolute atomic E-state index is 12.5. The lowest BCUT2D eigenvalue weighted by atomic mass is 10.1. The summed E-state index contributed by atoms with van der Waals surface area (Å²) in [5.74, 6) is -0.0864. The van der Waals surface area contributed by atoms with E-state index in [9.17, 15) is 16.8 Å². The number of hydrogen-bond acceptors (Lipinski definition) is 4. The predicted octanol–water partition coefficient (Wildman–Crippen LogP) is 1.57. The second kappa shape index (κ2) is 5.90. The van der Waals surface area contributed by atoms with E-state index in [0.717, 1.165) is 11.8 Å². The predicted molar refractivity (Wildman–Crippen MR) is 82.1 cm³/mol. The van der Waals surface area contributed by atoms with Crippen molar-refractivity contribution >= 4 is 19.9 Å². The molecule has 0 bridgehead atoms. The van der Waals surface area contributed by atoms with E-state index in [4.69, 9.17) is 0 Å². The van der Waals surface area contributed by atoms with Gasteiger partial charge in [-0.1, -0.05) is 24.3 Å². The van der Waals surface area contributed by atoms with Crippen LogP contribution in [0.5, 0.6) is 0 Å². The molecule has 0 atom stereocenters. The molecule has 21 heavy (non-hydrogen) atoms. The van der Waals surface area contributed by atoms with Gasteiger partial charge in [-0.3, -0.25) is 0 Å². The molecule has 0 N–H and O–H groups in total. The van der Waals surface area contributed by atoms with Gasteiger partial charge in [0.25, 0.3) is 0 Å². The molecule has 1 aliphatic heterocycles. The van der Waals surface area contributed by atoms with Crippen molar-refractivity contribution in [3.8, 4) is 0 Å². The third-order valence-electron chi connectivity index (χ3n) is 3.42. The van der Waals surface area contributed by atoms with Crippen LogP contribution < -0.4 is 0 Å². The van der Waals surface area contributed by atoms with Gasteiger partial charge in [-0.15, -0.1) is 0 Å². The van der Waals surface area contributed by atoms with Crippen molar-refractivity contribution in [2.75, 3.05) is 19.3 Å². The van der Waals surface area contributed by atoms with Gasteiger partial charge in [-0.05, 0) is 30.5 Å². The van der Waals surface area contributed by atoms with Gasteiger partial charge < -0.3 is 0 Å². The summed E-state index contributed by atoms with van der Waals surface area (Å²) < 4.78 is 48.8. The van der Waals surface area contributed by atoms with E-state index in [2.05, 4.69) is 6.58 Å². The molecule has 1 heterocycles. The Morgan fingerprint density at radius 2 is 1.57 bits per heavy atom. The molecule has 1 fully saturated rings. The molecule has 116 valence electrons. The van der Waals surface area contributed by atoms with E-state index in [0.29, 0.717) is 31.5 Å². The molecule has 0 amide bonds. The summed E-state index contributed by atoms with van der Waals surface area (Å²) in [4.78, 5) is 0.201. The molecule has 0 saturated carbocycles. The number of sulfone groups is 1. The summed E-state index contributed by atoms with van der Waals surface area (Å²) in [5, 5.41) is 0. The molecular weight excluding hydrogens is 310 g/mol. The Bertz CT molecular complexity index is 724. The summed E-state index contributed by atoms with van der Waals surface area (Å²) in [6.07, 6.45) is 2.52. The fourth-order valence-electron chi connectivity index (χ4n) is 2.25. The molecule has 1 aromatic rings. The molecule has 5 nitrogen and oxygen atoms in total. The lowest BCUT2D eigenvalue weighted by Gasteiger charge is -2.27. The van der Waals surface area contributed by atoms with Crippen molar-refractivity contribution in [3.63, 3.8) is 0 Å². The fraction of sp³-hybridized carbons (Fsp3) is 0.429. The maximum Gasteiger partial charge on any atom is 0.243 e. The lowest BCUT2D eigenvalue weighted by molar-refractivity contribution is 0.387. The van der Waals surface area contributed by atoms with Crippen molar-refractivity contribution in [1.29, 1.82) is 0 Å². The van der Waals surface area contributed by atoms with Crippen LogP contribution in [0.1, 0.15) is 18.4 Å². The zero-order valence-corrected chi connectivity index (χ0v) is 13.6. The standard InChI is InChI=1S/C14H19NO4S2/c1-12-7-9-15(10-8-12)21(18,19)14-5-3-13(4-6-14)11-20(2,16)17/h3-6H,1,7-11H2,2H3. The van der Waals surface area contributed by atoms with E-state index in [1.807, 2.05) is 0 Å². The first-order valence-corrected chi connectivity index (χ1v) is 10.1. The van der Waals surface area contributed by atoms with Crippen LogP contribution >= 0.6 is 0 Å². The van der Waals surface area contributed by atoms with Crippen molar-refractivity contribution in [2.24, 2.45) is 0 Å². The van der Waals surface area contributed by atoms with E-state index < -0.39 is 19.9 Å². The molecule has 0 aliphatic carbocycles. The van der Waals surface area contributed by atoms with Crippen molar-refractivity contribution < 1.29 is 16.8 Å². The van der Waals surface area contributed by atoms with Gasteiger partial charge in [0, 0.05) is 19.3 Å². The third-order valence-corrected chi connectivity index (χ3v) is 6.19. The zero-order valence-electron chi connectivity index (χ0n) is 11.9. The molecule has 0 unspecified atom stereocenters. The number of rotatable bonds is 4. The van der Waals surface area contributed by atoms with Crippen molar-refractivity contribution in [1.82, 2.24) is 4.31 Å². The first kappa shape index (κ1) is 16.2. The van der Waals surface area contributed by atoms with Gasteiger partial charge in [-0.25, -0.2) is 16.8 Å². The van der Waals surface area contributed by atoms with Crippen LogP contribution in [0.4, 0.5) is 0 Å². The number of hydrogen-bond donors (Lipinski definition) is 0. The van der Waals surface area contributed by atoms with E-state index in [1.54, 1.807) is 12.1 Å². The van der Waals surface area contributed by atoms with Gasteiger partial charge in [-0.2, -0.15) is 4.31 Å². The Balaban J connectivity index is 2.19. The quantitative estimate of drug-likeness (QED) is 0.786. The highest BCUT2D eigenvalue weighted by Gasteiger charge is 2.26. The van der Waals surface area contributed by atoms with Crippen molar-refractivity contribution in [2.45, 2.75) is 23.5 Å². The van der Waals surface area contributed by atoms with Crippen LogP contribution in [-0.2, 0) is 25.6 Å². The maximum atomic E-state index is 12.5. The molecule has 0 spiro atoms. The minimum atomic E-state index is -3.50. The van der Waals surface area contributed by atoms with Crippen LogP contribution in [0.3, 0.4) is 0 Å². The van der Waals surface area contributed by atoms with Crippen LogP contribution in [0.2, 0.25) is 0 Å². The molecule has 1 saturated heterocycles. The summed E-state index contributed by atoms with van der Waals surface area (Å²) in [6, 6.07) is 6.05. The lowest BCUT2D eigenvalue weighted by Crippen LogP contribution is -2.36. The van der Waals surface area contributed by atoms with Crippen LogP contribution in [0.15, 0.2) is 41.3 Å². The Morgan fingerprint density at radius 3 is 2.05 bits per heavy atom.